The van der Waals surface area contributed by atoms with Gasteiger partial charge in [0.2, 0.25) is 0 Å². The summed E-state index contributed by atoms with van der Waals surface area (Å²) in [5.41, 5.74) is 9.41. The summed E-state index contributed by atoms with van der Waals surface area (Å²) in [5.74, 6) is 1.69. The molecule has 0 spiro atoms. The predicted molar refractivity (Wildman–Crippen MR) is 85.7 cm³/mol. The highest BCUT2D eigenvalue weighted by atomic mass is 16.5. The predicted octanol–water partition coefficient (Wildman–Crippen LogP) is 3.99. The van der Waals surface area contributed by atoms with Gasteiger partial charge >= 0.3 is 0 Å². The highest BCUT2D eigenvalue weighted by Gasteiger charge is 2.11. The molecule has 0 saturated heterocycles. The molecule has 0 aromatic heterocycles. The normalized spacial score (nSPS) is 12.0. The molecular formula is C18H23NO2. The number of para-hydroxylation sites is 1. The van der Waals surface area contributed by atoms with Crippen molar-refractivity contribution in [3.8, 4) is 11.5 Å². The zero-order valence-electron chi connectivity index (χ0n) is 12.9. The molecule has 112 valence electrons. The summed E-state index contributed by atoms with van der Waals surface area (Å²) in [6.07, 6.45) is 0.883. The van der Waals surface area contributed by atoms with E-state index in [-0.39, 0.29) is 6.04 Å². The third kappa shape index (κ3) is 3.76. The van der Waals surface area contributed by atoms with Gasteiger partial charge in [0.25, 0.3) is 0 Å². The van der Waals surface area contributed by atoms with Gasteiger partial charge in [0, 0.05) is 17.2 Å². The van der Waals surface area contributed by atoms with E-state index in [0.717, 1.165) is 29.0 Å². The molecule has 0 saturated carbocycles. The maximum absolute atomic E-state index is 6.14. The van der Waals surface area contributed by atoms with Crippen molar-refractivity contribution in [1.82, 2.24) is 0 Å². The molecule has 0 amide bonds. The fourth-order valence-corrected chi connectivity index (χ4v) is 2.31. The fourth-order valence-electron chi connectivity index (χ4n) is 2.31. The van der Waals surface area contributed by atoms with E-state index in [1.165, 1.54) is 5.56 Å². The van der Waals surface area contributed by atoms with Gasteiger partial charge in [-0.25, -0.2) is 0 Å². The van der Waals surface area contributed by atoms with Crippen LogP contribution in [0.3, 0.4) is 0 Å². The van der Waals surface area contributed by atoms with Crippen LogP contribution < -0.4 is 15.2 Å². The lowest BCUT2D eigenvalue weighted by Gasteiger charge is -2.16. The van der Waals surface area contributed by atoms with E-state index < -0.39 is 0 Å². The Bertz CT molecular complexity index is 596. The topological polar surface area (TPSA) is 44.5 Å². The van der Waals surface area contributed by atoms with Crippen LogP contribution in [0.4, 0.5) is 0 Å². The molecule has 3 nitrogen and oxygen atoms in total. The Morgan fingerprint density at radius 2 is 1.86 bits per heavy atom. The Morgan fingerprint density at radius 1 is 1.10 bits per heavy atom. The van der Waals surface area contributed by atoms with Crippen LogP contribution in [0.5, 0.6) is 11.5 Å². The number of aryl methyl sites for hydroxylation is 1. The zero-order valence-corrected chi connectivity index (χ0v) is 12.9. The average Bonchev–Trinajstić information content (AvgIpc) is 2.52. The summed E-state index contributed by atoms with van der Waals surface area (Å²) in [6.45, 7) is 4.60. The number of nitrogens with two attached hydrogens (primary N) is 1. The molecule has 0 heterocycles. The second-order valence-electron chi connectivity index (χ2n) is 5.16. The molecule has 0 aliphatic carbocycles. The van der Waals surface area contributed by atoms with Crippen molar-refractivity contribution in [2.24, 2.45) is 5.73 Å². The first-order valence-electron chi connectivity index (χ1n) is 7.26. The minimum absolute atomic E-state index is 0.000560. The summed E-state index contributed by atoms with van der Waals surface area (Å²) < 4.78 is 11.4. The van der Waals surface area contributed by atoms with Crippen LogP contribution in [0.15, 0.2) is 42.5 Å². The van der Waals surface area contributed by atoms with E-state index in [0.29, 0.717) is 6.61 Å². The minimum Gasteiger partial charge on any atom is -0.496 e. The Morgan fingerprint density at radius 3 is 2.57 bits per heavy atom. The van der Waals surface area contributed by atoms with Crippen LogP contribution >= 0.6 is 0 Å². The SMILES string of the molecule is CC[C@@H](N)c1ccccc1OCc1cc(C)ccc1OC. The lowest BCUT2D eigenvalue weighted by molar-refractivity contribution is 0.292. The lowest BCUT2D eigenvalue weighted by Crippen LogP contribution is -2.11. The molecule has 1 atom stereocenters. The first-order valence-corrected chi connectivity index (χ1v) is 7.26. The Labute approximate surface area is 126 Å². The maximum Gasteiger partial charge on any atom is 0.125 e. The van der Waals surface area contributed by atoms with E-state index in [9.17, 15) is 0 Å². The molecule has 2 aromatic rings. The van der Waals surface area contributed by atoms with E-state index in [4.69, 9.17) is 15.2 Å². The second kappa shape index (κ2) is 7.14. The average molecular weight is 285 g/mol. The number of methoxy groups -OCH3 is 1. The molecule has 2 rings (SSSR count). The number of ether oxygens (including phenoxy) is 2. The highest BCUT2D eigenvalue weighted by molar-refractivity contribution is 5.39. The van der Waals surface area contributed by atoms with Crippen LogP contribution in [0.2, 0.25) is 0 Å². The van der Waals surface area contributed by atoms with E-state index in [1.807, 2.05) is 36.4 Å². The molecule has 0 radical (unpaired) electrons. The van der Waals surface area contributed by atoms with Crippen molar-refractivity contribution in [2.75, 3.05) is 7.11 Å². The van der Waals surface area contributed by atoms with Crippen LogP contribution in [0.1, 0.15) is 36.1 Å². The van der Waals surface area contributed by atoms with Gasteiger partial charge in [-0.3, -0.25) is 0 Å². The largest absolute Gasteiger partial charge is 0.496 e. The molecule has 2 N–H and O–H groups in total. The molecule has 0 aliphatic rings. The van der Waals surface area contributed by atoms with Gasteiger partial charge in [0.05, 0.1) is 7.11 Å². The van der Waals surface area contributed by atoms with Gasteiger partial charge in [-0.15, -0.1) is 0 Å². The number of rotatable bonds is 6. The van der Waals surface area contributed by atoms with Gasteiger partial charge in [-0.05, 0) is 31.5 Å². The quantitative estimate of drug-likeness (QED) is 0.872. The summed E-state index contributed by atoms with van der Waals surface area (Å²) in [5, 5.41) is 0. The van der Waals surface area contributed by atoms with Gasteiger partial charge in [-0.2, -0.15) is 0 Å². The van der Waals surface area contributed by atoms with Gasteiger partial charge < -0.3 is 15.2 Å². The van der Waals surface area contributed by atoms with Crippen molar-refractivity contribution in [1.29, 1.82) is 0 Å². The lowest BCUT2D eigenvalue weighted by atomic mass is 10.0. The molecule has 2 aromatic carbocycles. The molecule has 0 fully saturated rings. The summed E-state index contributed by atoms with van der Waals surface area (Å²) in [4.78, 5) is 0. The summed E-state index contributed by atoms with van der Waals surface area (Å²) >= 11 is 0. The Balaban J connectivity index is 2.19. The first kappa shape index (κ1) is 15.4. The zero-order chi connectivity index (χ0) is 15.2. The van der Waals surface area contributed by atoms with Crippen molar-refractivity contribution in [3.05, 3.63) is 59.2 Å². The minimum atomic E-state index is 0.000560. The van der Waals surface area contributed by atoms with Gasteiger partial charge in [0.15, 0.2) is 0 Å². The second-order valence-corrected chi connectivity index (χ2v) is 5.16. The Kier molecular flexibility index (Phi) is 5.23. The molecule has 21 heavy (non-hydrogen) atoms. The first-order chi connectivity index (χ1) is 10.2. The van der Waals surface area contributed by atoms with Crippen molar-refractivity contribution in [2.45, 2.75) is 32.9 Å². The van der Waals surface area contributed by atoms with Gasteiger partial charge in [0.1, 0.15) is 18.1 Å². The maximum atomic E-state index is 6.14. The third-order valence-corrected chi connectivity index (χ3v) is 3.58. The van der Waals surface area contributed by atoms with Crippen LogP contribution in [-0.2, 0) is 6.61 Å². The standard InChI is InChI=1S/C18H23NO2/c1-4-16(19)15-7-5-6-8-18(15)21-12-14-11-13(2)9-10-17(14)20-3/h5-11,16H,4,12,19H2,1-3H3/t16-/m1/s1. The smallest absolute Gasteiger partial charge is 0.125 e. The van der Waals surface area contributed by atoms with Crippen molar-refractivity contribution >= 4 is 0 Å². The molecule has 0 aliphatic heterocycles. The number of benzene rings is 2. The summed E-state index contributed by atoms with van der Waals surface area (Å²) in [7, 11) is 1.68. The molecular weight excluding hydrogens is 262 g/mol. The third-order valence-electron chi connectivity index (χ3n) is 3.58. The van der Waals surface area contributed by atoms with Crippen molar-refractivity contribution in [3.63, 3.8) is 0 Å². The molecule has 3 heteroatoms. The molecule has 0 unspecified atom stereocenters. The Hall–Kier alpha value is -2.00. The monoisotopic (exact) mass is 285 g/mol. The molecule has 0 bridgehead atoms. The van der Waals surface area contributed by atoms with Crippen LogP contribution in [-0.4, -0.2) is 7.11 Å². The number of hydrogen-bond acceptors (Lipinski definition) is 3. The van der Waals surface area contributed by atoms with Crippen LogP contribution in [0.25, 0.3) is 0 Å². The van der Waals surface area contributed by atoms with E-state index in [1.54, 1.807) is 7.11 Å². The number of hydrogen-bond donors (Lipinski definition) is 1. The fraction of sp³-hybridized carbons (Fsp3) is 0.333. The van der Waals surface area contributed by atoms with E-state index >= 15 is 0 Å². The van der Waals surface area contributed by atoms with Crippen molar-refractivity contribution < 1.29 is 9.47 Å². The highest BCUT2D eigenvalue weighted by Crippen LogP contribution is 2.27. The summed E-state index contributed by atoms with van der Waals surface area (Å²) in [6, 6.07) is 14.0. The van der Waals surface area contributed by atoms with Gasteiger partial charge in [-0.1, -0.05) is 36.8 Å². The van der Waals surface area contributed by atoms with Crippen LogP contribution in [0, 0.1) is 6.92 Å². The van der Waals surface area contributed by atoms with E-state index in [2.05, 4.69) is 19.9 Å².